The van der Waals surface area contributed by atoms with Crippen molar-refractivity contribution >= 4 is 26.6 Å². The Morgan fingerprint density at radius 2 is 1.93 bits per heavy atom. The number of H-pyrrole nitrogens is 1. The molecule has 154 valence electrons. The normalized spacial score (nSPS) is 15.0. The van der Waals surface area contributed by atoms with Crippen LogP contribution in [0.15, 0.2) is 53.6 Å². The number of sulfonamides is 1. The first-order valence-electron chi connectivity index (χ1n) is 9.77. The van der Waals surface area contributed by atoms with E-state index in [9.17, 15) is 8.42 Å². The van der Waals surface area contributed by atoms with E-state index in [4.69, 9.17) is 4.74 Å². The monoisotopic (exact) mass is 414 g/mol. The smallest absolute Gasteiger partial charge is 0.240 e. The molecule has 2 aromatic carbocycles. The summed E-state index contributed by atoms with van der Waals surface area (Å²) in [5.41, 5.74) is 2.97. The summed E-state index contributed by atoms with van der Waals surface area (Å²) >= 11 is 0. The highest BCUT2D eigenvalue weighted by Gasteiger charge is 2.20. The third-order valence-electron chi connectivity index (χ3n) is 5.28. The van der Waals surface area contributed by atoms with Crippen LogP contribution in [0.3, 0.4) is 0 Å². The Hall–Kier alpha value is -2.55. The second kappa shape index (κ2) is 8.44. The molecule has 3 N–H and O–H groups in total. The fourth-order valence-electron chi connectivity index (χ4n) is 3.73. The van der Waals surface area contributed by atoms with Crippen molar-refractivity contribution < 1.29 is 13.2 Å². The Morgan fingerprint density at radius 3 is 2.72 bits per heavy atom. The van der Waals surface area contributed by atoms with Crippen LogP contribution in [0.1, 0.15) is 5.56 Å². The fourth-order valence-corrected chi connectivity index (χ4v) is 4.78. The zero-order chi connectivity index (χ0) is 20.3. The van der Waals surface area contributed by atoms with Gasteiger partial charge in [-0.2, -0.15) is 0 Å². The first kappa shape index (κ1) is 19.8. The van der Waals surface area contributed by atoms with Crippen molar-refractivity contribution in [2.45, 2.75) is 11.3 Å². The van der Waals surface area contributed by atoms with E-state index in [1.165, 1.54) is 0 Å². The van der Waals surface area contributed by atoms with Crippen LogP contribution in [0.4, 0.5) is 5.69 Å². The lowest BCUT2D eigenvalue weighted by molar-refractivity contribution is 0.412. The third-order valence-corrected chi connectivity index (χ3v) is 6.74. The maximum absolute atomic E-state index is 12.9. The number of hydrogen-bond donors (Lipinski definition) is 3. The minimum absolute atomic E-state index is 0.255. The number of nitrogens with zero attached hydrogens (tertiary/aromatic N) is 1. The third kappa shape index (κ3) is 4.24. The lowest BCUT2D eigenvalue weighted by Crippen LogP contribution is -2.43. The van der Waals surface area contributed by atoms with Crippen molar-refractivity contribution in [2.24, 2.45) is 0 Å². The van der Waals surface area contributed by atoms with E-state index in [0.29, 0.717) is 18.7 Å². The molecule has 0 atom stereocenters. The molecule has 29 heavy (non-hydrogen) atoms. The Labute approximate surface area is 171 Å². The number of hydrogen-bond acceptors (Lipinski definition) is 5. The van der Waals surface area contributed by atoms with Crippen molar-refractivity contribution in [3.63, 3.8) is 0 Å². The molecular formula is C21H26N4O3S. The number of ether oxygens (including phenoxy) is 1. The Morgan fingerprint density at radius 1 is 1.14 bits per heavy atom. The molecule has 0 aliphatic carbocycles. The van der Waals surface area contributed by atoms with E-state index in [0.717, 1.165) is 48.3 Å². The SMILES string of the molecule is COc1ccc(S(=O)(=O)NCCc2c[nH]c3ccccc23)cc1N1CCNCC1. The number of aromatic amines is 1. The minimum atomic E-state index is -3.61. The second-order valence-corrected chi connectivity index (χ2v) is 8.84. The summed E-state index contributed by atoms with van der Waals surface area (Å²) in [6.07, 6.45) is 2.55. The molecule has 1 saturated heterocycles. The quantitative estimate of drug-likeness (QED) is 0.551. The van der Waals surface area contributed by atoms with Crippen LogP contribution in [0.5, 0.6) is 5.75 Å². The van der Waals surface area contributed by atoms with Crippen LogP contribution in [0.2, 0.25) is 0 Å². The standard InChI is InChI=1S/C21H26N4O3S/c1-28-21-7-6-17(14-20(21)25-12-10-22-11-13-25)29(26,27)24-9-8-16-15-23-19-5-3-2-4-18(16)19/h2-7,14-15,22-24H,8-13H2,1H3. The Bertz CT molecular complexity index is 1090. The van der Waals surface area contributed by atoms with Gasteiger partial charge in [0.25, 0.3) is 0 Å². The summed E-state index contributed by atoms with van der Waals surface area (Å²) in [7, 11) is -2.01. The molecule has 0 unspecified atom stereocenters. The largest absolute Gasteiger partial charge is 0.495 e. The molecule has 2 heterocycles. The zero-order valence-corrected chi connectivity index (χ0v) is 17.3. The van der Waals surface area contributed by atoms with E-state index in [1.54, 1.807) is 25.3 Å². The van der Waals surface area contributed by atoms with Crippen LogP contribution >= 0.6 is 0 Å². The predicted octanol–water partition coefficient (Wildman–Crippen LogP) is 2.11. The van der Waals surface area contributed by atoms with E-state index in [-0.39, 0.29) is 4.90 Å². The molecule has 0 bridgehead atoms. The number of aromatic nitrogens is 1. The van der Waals surface area contributed by atoms with E-state index >= 15 is 0 Å². The Kier molecular flexibility index (Phi) is 5.75. The Balaban J connectivity index is 1.49. The molecule has 1 aliphatic rings. The van der Waals surface area contributed by atoms with Gasteiger partial charge < -0.3 is 19.9 Å². The van der Waals surface area contributed by atoms with Crippen LogP contribution in [-0.2, 0) is 16.4 Å². The van der Waals surface area contributed by atoms with Gasteiger partial charge in [-0.25, -0.2) is 13.1 Å². The molecule has 8 heteroatoms. The summed E-state index contributed by atoms with van der Waals surface area (Å²) in [6.45, 7) is 3.69. The highest BCUT2D eigenvalue weighted by molar-refractivity contribution is 7.89. The molecule has 1 aromatic heterocycles. The number of rotatable bonds is 7. The highest BCUT2D eigenvalue weighted by atomic mass is 32.2. The highest BCUT2D eigenvalue weighted by Crippen LogP contribution is 2.31. The summed E-state index contributed by atoms with van der Waals surface area (Å²) < 4.78 is 33.9. The molecular weight excluding hydrogens is 388 g/mol. The number of para-hydroxylation sites is 1. The molecule has 0 radical (unpaired) electrons. The number of nitrogens with one attached hydrogen (secondary N) is 3. The van der Waals surface area contributed by atoms with Gasteiger partial charge in [0.2, 0.25) is 10.0 Å². The van der Waals surface area contributed by atoms with Crippen LogP contribution < -0.4 is 19.7 Å². The number of fused-ring (bicyclic) bond motifs is 1. The number of methoxy groups -OCH3 is 1. The minimum Gasteiger partial charge on any atom is -0.495 e. The lowest BCUT2D eigenvalue weighted by Gasteiger charge is -2.30. The molecule has 1 aliphatic heterocycles. The van der Waals surface area contributed by atoms with E-state index in [2.05, 4.69) is 19.9 Å². The maximum atomic E-state index is 12.9. The van der Waals surface area contributed by atoms with Crippen LogP contribution in [0.25, 0.3) is 10.9 Å². The van der Waals surface area contributed by atoms with Gasteiger partial charge in [-0.05, 0) is 36.2 Å². The van der Waals surface area contributed by atoms with Crippen molar-refractivity contribution in [3.05, 3.63) is 54.2 Å². The first-order valence-corrected chi connectivity index (χ1v) is 11.3. The van der Waals surface area contributed by atoms with Crippen molar-refractivity contribution in [2.75, 3.05) is 44.7 Å². The average molecular weight is 415 g/mol. The van der Waals surface area contributed by atoms with Gasteiger partial charge in [0.15, 0.2) is 0 Å². The second-order valence-electron chi connectivity index (χ2n) is 7.08. The zero-order valence-electron chi connectivity index (χ0n) is 16.4. The summed E-state index contributed by atoms with van der Waals surface area (Å²) in [4.78, 5) is 5.63. The van der Waals surface area contributed by atoms with Crippen molar-refractivity contribution in [1.82, 2.24) is 15.0 Å². The number of piperazine rings is 1. The van der Waals surface area contributed by atoms with Gasteiger partial charge in [-0.1, -0.05) is 18.2 Å². The molecule has 7 nitrogen and oxygen atoms in total. The first-order chi connectivity index (χ1) is 14.1. The molecule has 0 saturated carbocycles. The lowest BCUT2D eigenvalue weighted by atomic mass is 10.1. The molecule has 0 amide bonds. The average Bonchev–Trinajstić information content (AvgIpc) is 3.17. The van der Waals surface area contributed by atoms with E-state index in [1.807, 2.05) is 30.5 Å². The van der Waals surface area contributed by atoms with Crippen molar-refractivity contribution in [1.29, 1.82) is 0 Å². The van der Waals surface area contributed by atoms with Gasteiger partial charge >= 0.3 is 0 Å². The molecule has 4 rings (SSSR count). The van der Waals surface area contributed by atoms with Crippen LogP contribution in [-0.4, -0.2) is 53.2 Å². The van der Waals surface area contributed by atoms with Gasteiger partial charge in [0, 0.05) is 49.8 Å². The summed E-state index contributed by atoms with van der Waals surface area (Å²) in [5.74, 6) is 0.685. The number of benzene rings is 2. The van der Waals surface area contributed by atoms with Gasteiger partial charge in [0.1, 0.15) is 5.75 Å². The fraction of sp³-hybridized carbons (Fsp3) is 0.333. The van der Waals surface area contributed by atoms with E-state index < -0.39 is 10.0 Å². The topological polar surface area (TPSA) is 86.5 Å². The molecule has 3 aromatic rings. The van der Waals surface area contributed by atoms with Crippen LogP contribution in [0, 0.1) is 0 Å². The molecule has 0 spiro atoms. The maximum Gasteiger partial charge on any atom is 0.240 e. The summed E-state index contributed by atoms with van der Waals surface area (Å²) in [6, 6.07) is 13.0. The van der Waals surface area contributed by atoms with Gasteiger partial charge in [-0.15, -0.1) is 0 Å². The molecule has 1 fully saturated rings. The van der Waals surface area contributed by atoms with Gasteiger partial charge in [0.05, 0.1) is 17.7 Å². The number of anilines is 1. The van der Waals surface area contributed by atoms with Gasteiger partial charge in [-0.3, -0.25) is 0 Å². The summed E-state index contributed by atoms with van der Waals surface area (Å²) in [5, 5.41) is 4.43. The predicted molar refractivity (Wildman–Crippen MR) is 115 cm³/mol. The van der Waals surface area contributed by atoms with Crippen molar-refractivity contribution in [3.8, 4) is 5.75 Å².